The predicted molar refractivity (Wildman–Crippen MR) is 68.1 cm³/mol. The Labute approximate surface area is 111 Å². The van der Waals surface area contributed by atoms with Crippen molar-refractivity contribution < 1.29 is 14.2 Å². The molecule has 0 radical (unpaired) electrons. The van der Waals surface area contributed by atoms with E-state index in [0.29, 0.717) is 31.1 Å². The first kappa shape index (κ1) is 13.7. The number of ether oxygens (including phenoxy) is 1. The molecule has 5 heteroatoms. The number of nitrogens with one attached hydrogen (secondary N) is 1. The van der Waals surface area contributed by atoms with Gasteiger partial charge in [-0.15, -0.1) is 0 Å². The zero-order valence-electron chi connectivity index (χ0n) is 10.2. The molecule has 1 fully saturated rings. The molecule has 0 spiro atoms. The van der Waals surface area contributed by atoms with Crippen molar-refractivity contribution in [3.8, 4) is 0 Å². The average molecular weight is 274 g/mol. The molecule has 0 aromatic heterocycles. The van der Waals surface area contributed by atoms with Gasteiger partial charge >= 0.3 is 0 Å². The summed E-state index contributed by atoms with van der Waals surface area (Å²) >= 11 is 5.92. The Kier molecular flexibility index (Phi) is 4.22. The quantitative estimate of drug-likeness (QED) is 0.883. The molecule has 18 heavy (non-hydrogen) atoms. The minimum atomic E-state index is -0.827. The fourth-order valence-electron chi connectivity index (χ4n) is 2.08. The average Bonchev–Trinajstić information content (AvgIpc) is 2.63. The van der Waals surface area contributed by atoms with E-state index in [1.807, 2.05) is 6.92 Å². The lowest BCUT2D eigenvalue weighted by Crippen LogP contribution is -2.45. The summed E-state index contributed by atoms with van der Waals surface area (Å²) in [5.74, 6) is -0.347. The predicted octanol–water partition coefficient (Wildman–Crippen LogP) is 2.11. The Morgan fingerprint density at radius 3 is 3.00 bits per heavy atom. The van der Waals surface area contributed by atoms with Crippen LogP contribution in [0.25, 0.3) is 0 Å². The van der Waals surface area contributed by atoms with Gasteiger partial charge in [-0.05, 0) is 24.6 Å². The lowest BCUT2D eigenvalue weighted by atomic mass is 9.96. The Hall–Kier alpha value is -0.680. The maximum Gasteiger partial charge on any atom is 0.124 e. The van der Waals surface area contributed by atoms with Crippen molar-refractivity contribution in [2.75, 3.05) is 13.2 Å². The molecule has 1 aliphatic heterocycles. The molecule has 0 amide bonds. The van der Waals surface area contributed by atoms with Gasteiger partial charge in [-0.3, -0.25) is 0 Å². The third kappa shape index (κ3) is 3.01. The smallest absolute Gasteiger partial charge is 0.124 e. The van der Waals surface area contributed by atoms with Crippen molar-refractivity contribution in [3.05, 3.63) is 34.6 Å². The molecule has 2 rings (SSSR count). The van der Waals surface area contributed by atoms with Crippen LogP contribution in [0.3, 0.4) is 0 Å². The van der Waals surface area contributed by atoms with Crippen molar-refractivity contribution in [1.82, 2.24) is 5.32 Å². The van der Waals surface area contributed by atoms with Gasteiger partial charge in [-0.1, -0.05) is 17.7 Å². The van der Waals surface area contributed by atoms with Gasteiger partial charge in [-0.2, -0.15) is 0 Å². The van der Waals surface area contributed by atoms with Crippen LogP contribution in [0.1, 0.15) is 18.9 Å². The highest BCUT2D eigenvalue weighted by molar-refractivity contribution is 6.31. The second kappa shape index (κ2) is 5.53. The first-order valence-electron chi connectivity index (χ1n) is 6.00. The molecule has 1 aliphatic rings. The molecule has 2 unspecified atom stereocenters. The summed E-state index contributed by atoms with van der Waals surface area (Å²) in [5.41, 5.74) is -0.0137. The van der Waals surface area contributed by atoms with E-state index in [4.69, 9.17) is 16.3 Å². The van der Waals surface area contributed by atoms with Crippen molar-refractivity contribution in [1.29, 1.82) is 0 Å². The van der Waals surface area contributed by atoms with Gasteiger partial charge in [0.15, 0.2) is 0 Å². The van der Waals surface area contributed by atoms with Crippen LogP contribution in [0, 0.1) is 5.82 Å². The molecule has 1 heterocycles. The Bertz CT molecular complexity index is 429. The summed E-state index contributed by atoms with van der Waals surface area (Å²) in [6.07, 6.45) is 0.451. The Balaban J connectivity index is 1.88. The number of hydrogen-bond donors (Lipinski definition) is 2. The summed E-state index contributed by atoms with van der Waals surface area (Å²) in [6.45, 7) is 3.37. The summed E-state index contributed by atoms with van der Waals surface area (Å²) in [6, 6.07) is 4.30. The minimum absolute atomic E-state index is 0.173. The van der Waals surface area contributed by atoms with Gasteiger partial charge in [-0.25, -0.2) is 4.39 Å². The highest BCUT2D eigenvalue weighted by Gasteiger charge is 2.38. The summed E-state index contributed by atoms with van der Waals surface area (Å²) in [7, 11) is 0. The zero-order chi connectivity index (χ0) is 13.2. The zero-order valence-corrected chi connectivity index (χ0v) is 11.0. The third-order valence-corrected chi connectivity index (χ3v) is 3.77. The van der Waals surface area contributed by atoms with Gasteiger partial charge in [0, 0.05) is 31.1 Å². The summed E-state index contributed by atoms with van der Waals surface area (Å²) in [4.78, 5) is 0. The fraction of sp³-hybridized carbons (Fsp3) is 0.538. The molecule has 2 N–H and O–H groups in total. The minimum Gasteiger partial charge on any atom is -0.386 e. The van der Waals surface area contributed by atoms with E-state index in [0.717, 1.165) is 5.56 Å². The lowest BCUT2D eigenvalue weighted by Gasteiger charge is -2.26. The summed E-state index contributed by atoms with van der Waals surface area (Å²) < 4.78 is 18.2. The van der Waals surface area contributed by atoms with Crippen LogP contribution in [0.2, 0.25) is 5.02 Å². The monoisotopic (exact) mass is 273 g/mol. The largest absolute Gasteiger partial charge is 0.386 e. The van der Waals surface area contributed by atoms with Gasteiger partial charge in [0.05, 0.1) is 6.10 Å². The Morgan fingerprint density at radius 1 is 1.61 bits per heavy atom. The molecule has 2 atom stereocenters. The first-order chi connectivity index (χ1) is 8.51. The van der Waals surface area contributed by atoms with Crippen molar-refractivity contribution in [2.45, 2.75) is 31.6 Å². The normalized spacial score (nSPS) is 27.7. The van der Waals surface area contributed by atoms with Crippen LogP contribution in [0.4, 0.5) is 4.39 Å². The van der Waals surface area contributed by atoms with Gasteiger partial charge < -0.3 is 15.2 Å². The molecular weight excluding hydrogens is 257 g/mol. The molecule has 1 aromatic carbocycles. The van der Waals surface area contributed by atoms with Gasteiger partial charge in [0.1, 0.15) is 11.4 Å². The van der Waals surface area contributed by atoms with Crippen LogP contribution >= 0.6 is 11.6 Å². The number of rotatable bonds is 4. The highest BCUT2D eigenvalue weighted by Crippen LogP contribution is 2.25. The Morgan fingerprint density at radius 2 is 2.39 bits per heavy atom. The number of halogens is 2. The van der Waals surface area contributed by atoms with Crippen LogP contribution in [0.15, 0.2) is 18.2 Å². The van der Waals surface area contributed by atoms with Crippen LogP contribution in [-0.4, -0.2) is 30.0 Å². The first-order valence-corrected chi connectivity index (χ1v) is 6.38. The van der Waals surface area contributed by atoms with Crippen molar-refractivity contribution in [3.63, 3.8) is 0 Å². The van der Waals surface area contributed by atoms with E-state index in [9.17, 15) is 9.50 Å². The fourth-order valence-corrected chi connectivity index (χ4v) is 2.32. The summed E-state index contributed by atoms with van der Waals surface area (Å²) in [5, 5.41) is 13.8. The van der Waals surface area contributed by atoms with Gasteiger partial charge in [0.2, 0.25) is 0 Å². The molecular formula is C13H17ClFNO2. The second-order valence-electron chi connectivity index (χ2n) is 4.71. The van der Waals surface area contributed by atoms with Crippen molar-refractivity contribution >= 4 is 11.6 Å². The molecule has 100 valence electrons. The number of aliphatic hydroxyl groups is 1. The molecule has 0 aliphatic carbocycles. The van der Waals surface area contributed by atoms with Gasteiger partial charge in [0.25, 0.3) is 0 Å². The molecule has 0 bridgehead atoms. The van der Waals surface area contributed by atoms with E-state index in [-0.39, 0.29) is 11.9 Å². The van der Waals surface area contributed by atoms with E-state index >= 15 is 0 Å². The van der Waals surface area contributed by atoms with Crippen LogP contribution in [-0.2, 0) is 11.3 Å². The maximum atomic E-state index is 12.9. The van der Waals surface area contributed by atoms with E-state index in [1.54, 1.807) is 6.07 Å². The number of benzene rings is 1. The molecule has 0 saturated carbocycles. The van der Waals surface area contributed by atoms with E-state index < -0.39 is 5.60 Å². The van der Waals surface area contributed by atoms with Crippen LogP contribution in [0.5, 0.6) is 0 Å². The van der Waals surface area contributed by atoms with E-state index in [1.165, 1.54) is 12.1 Å². The molecule has 1 saturated heterocycles. The molecule has 3 nitrogen and oxygen atoms in total. The standard InChI is InChI=1S/C13H17ClFNO2/c1-9-13(17,4-5-18-9)8-16-7-10-2-3-11(15)6-12(10)14/h2-3,6,9,16-17H,4-5,7-8H2,1H3. The third-order valence-electron chi connectivity index (χ3n) is 3.42. The second-order valence-corrected chi connectivity index (χ2v) is 5.11. The van der Waals surface area contributed by atoms with Crippen molar-refractivity contribution in [2.24, 2.45) is 0 Å². The SMILES string of the molecule is CC1OCCC1(O)CNCc1ccc(F)cc1Cl. The van der Waals surface area contributed by atoms with E-state index in [2.05, 4.69) is 5.32 Å². The maximum absolute atomic E-state index is 12.9. The highest BCUT2D eigenvalue weighted by atomic mass is 35.5. The molecule has 1 aromatic rings. The lowest BCUT2D eigenvalue weighted by molar-refractivity contribution is -0.0262. The topological polar surface area (TPSA) is 41.5 Å². The van der Waals surface area contributed by atoms with Crippen LogP contribution < -0.4 is 5.32 Å². The number of hydrogen-bond acceptors (Lipinski definition) is 3.